The van der Waals surface area contributed by atoms with E-state index >= 15 is 0 Å². The second-order valence-corrected chi connectivity index (χ2v) is 2.56. The Morgan fingerprint density at radius 1 is 1.58 bits per heavy atom. The van der Waals surface area contributed by atoms with Crippen LogP contribution in [-0.4, -0.2) is 37.7 Å². The fourth-order valence-corrected chi connectivity index (χ4v) is 0.793. The number of rotatable bonds is 3. The Morgan fingerprint density at radius 3 is 2.58 bits per heavy atom. The fraction of sp³-hybridized carbons (Fsp3) is 0.714. The van der Waals surface area contributed by atoms with Gasteiger partial charge in [-0.25, -0.2) is 0 Å². The maximum atomic E-state index is 11.0. The van der Waals surface area contributed by atoms with Gasteiger partial charge in [0.15, 0.2) is 6.10 Å². The van der Waals surface area contributed by atoms with Crippen LogP contribution in [0, 0.1) is 0 Å². The predicted molar refractivity (Wildman–Crippen MR) is 39.4 cm³/mol. The number of hydrogen-bond donors (Lipinski definition) is 1. The molecule has 1 aliphatic rings. The Kier molecular flexibility index (Phi) is 2.65. The Balaban J connectivity index is 2.15. The van der Waals surface area contributed by atoms with Crippen LogP contribution >= 0.6 is 0 Å². The highest BCUT2D eigenvalue weighted by molar-refractivity contribution is 5.86. The number of epoxide rings is 1. The molecule has 1 amide bonds. The van der Waals surface area contributed by atoms with Crippen LogP contribution < -0.4 is 5.32 Å². The second kappa shape index (κ2) is 3.53. The van der Waals surface area contributed by atoms with Crippen LogP contribution in [0.15, 0.2) is 0 Å². The molecular formula is C7H11NO4. The number of esters is 1. The number of amides is 1. The molecule has 1 aliphatic heterocycles. The number of carbonyl (C=O) groups is 2. The minimum atomic E-state index is -0.461. The molecule has 68 valence electrons. The van der Waals surface area contributed by atoms with E-state index in [0.29, 0.717) is 0 Å². The highest BCUT2D eigenvalue weighted by atomic mass is 16.6. The van der Waals surface area contributed by atoms with Gasteiger partial charge in [0.05, 0.1) is 13.2 Å². The average molecular weight is 173 g/mol. The van der Waals surface area contributed by atoms with Gasteiger partial charge in [-0.1, -0.05) is 0 Å². The van der Waals surface area contributed by atoms with Gasteiger partial charge in [-0.3, -0.25) is 9.59 Å². The second-order valence-electron chi connectivity index (χ2n) is 2.56. The van der Waals surface area contributed by atoms with Crippen molar-refractivity contribution >= 4 is 11.9 Å². The zero-order chi connectivity index (χ0) is 9.14. The summed E-state index contributed by atoms with van der Waals surface area (Å²) in [4.78, 5) is 21.6. The number of hydrogen-bond acceptors (Lipinski definition) is 4. The molecule has 0 aromatic carbocycles. The van der Waals surface area contributed by atoms with E-state index in [9.17, 15) is 9.59 Å². The molecule has 0 spiro atoms. The molecule has 2 atom stereocenters. The average Bonchev–Trinajstić information content (AvgIpc) is 2.77. The third-order valence-corrected chi connectivity index (χ3v) is 1.60. The van der Waals surface area contributed by atoms with E-state index < -0.39 is 5.97 Å². The van der Waals surface area contributed by atoms with Crippen molar-refractivity contribution in [1.82, 2.24) is 5.32 Å². The Labute approximate surface area is 70.0 Å². The lowest BCUT2D eigenvalue weighted by atomic mass is 10.3. The summed E-state index contributed by atoms with van der Waals surface area (Å²) in [5.41, 5.74) is 0. The molecule has 12 heavy (non-hydrogen) atoms. The van der Waals surface area contributed by atoms with Gasteiger partial charge in [-0.15, -0.1) is 0 Å². The van der Waals surface area contributed by atoms with Gasteiger partial charge >= 0.3 is 5.97 Å². The third kappa shape index (κ3) is 2.20. The summed E-state index contributed by atoms with van der Waals surface area (Å²) < 4.78 is 9.21. The van der Waals surface area contributed by atoms with Gasteiger partial charge < -0.3 is 14.8 Å². The Hall–Kier alpha value is -1.10. The Morgan fingerprint density at radius 2 is 2.17 bits per heavy atom. The van der Waals surface area contributed by atoms with Gasteiger partial charge in [0.25, 0.3) is 5.91 Å². The van der Waals surface area contributed by atoms with Crippen LogP contribution in [0.3, 0.4) is 0 Å². The SMILES string of the molecule is COC(=O)CNC(=O)C1OC1C. The molecule has 1 fully saturated rings. The van der Waals surface area contributed by atoms with E-state index in [1.165, 1.54) is 7.11 Å². The molecule has 2 unspecified atom stereocenters. The largest absolute Gasteiger partial charge is 0.468 e. The molecule has 5 heteroatoms. The molecule has 0 saturated carbocycles. The minimum Gasteiger partial charge on any atom is -0.468 e. The molecule has 5 nitrogen and oxygen atoms in total. The van der Waals surface area contributed by atoms with Crippen molar-refractivity contribution in [2.75, 3.05) is 13.7 Å². The molecular weight excluding hydrogens is 162 g/mol. The van der Waals surface area contributed by atoms with Crippen molar-refractivity contribution in [1.29, 1.82) is 0 Å². The standard InChI is InChI=1S/C7H11NO4/c1-4-6(12-4)7(10)8-3-5(9)11-2/h4,6H,3H2,1-2H3,(H,8,10). The van der Waals surface area contributed by atoms with Crippen molar-refractivity contribution in [3.05, 3.63) is 0 Å². The minimum absolute atomic E-state index is 0.0253. The molecule has 0 radical (unpaired) electrons. The zero-order valence-electron chi connectivity index (χ0n) is 6.99. The van der Waals surface area contributed by atoms with Crippen molar-refractivity contribution in [2.45, 2.75) is 19.1 Å². The highest BCUT2D eigenvalue weighted by Crippen LogP contribution is 2.20. The van der Waals surface area contributed by atoms with Crippen molar-refractivity contribution in [3.63, 3.8) is 0 Å². The number of methoxy groups -OCH3 is 1. The molecule has 0 aromatic rings. The van der Waals surface area contributed by atoms with Gasteiger partial charge in [0, 0.05) is 0 Å². The zero-order valence-corrected chi connectivity index (χ0v) is 6.99. The first kappa shape index (κ1) is 8.99. The van der Waals surface area contributed by atoms with Crippen LogP contribution in [0.25, 0.3) is 0 Å². The van der Waals surface area contributed by atoms with Crippen molar-refractivity contribution < 1.29 is 19.1 Å². The smallest absolute Gasteiger partial charge is 0.325 e. The Bertz CT molecular complexity index is 204. The molecule has 0 aromatic heterocycles. The van der Waals surface area contributed by atoms with Gasteiger partial charge in [0.1, 0.15) is 6.54 Å². The lowest BCUT2D eigenvalue weighted by Crippen LogP contribution is -2.33. The normalized spacial score (nSPS) is 26.2. The monoisotopic (exact) mass is 173 g/mol. The first-order valence-corrected chi connectivity index (χ1v) is 3.65. The van der Waals surface area contributed by atoms with Crippen LogP contribution in [0.2, 0.25) is 0 Å². The summed E-state index contributed by atoms with van der Waals surface area (Å²) in [7, 11) is 1.27. The molecule has 0 aliphatic carbocycles. The summed E-state index contributed by atoms with van der Waals surface area (Å²) in [6.45, 7) is 1.70. The molecule has 1 heterocycles. The quantitative estimate of drug-likeness (QED) is 0.442. The van der Waals surface area contributed by atoms with E-state index in [2.05, 4.69) is 10.1 Å². The number of carbonyl (C=O) groups excluding carboxylic acids is 2. The summed E-state index contributed by atoms with van der Waals surface area (Å²) in [5, 5.41) is 2.39. The number of nitrogens with one attached hydrogen (secondary N) is 1. The topological polar surface area (TPSA) is 67.9 Å². The number of ether oxygens (including phenoxy) is 2. The van der Waals surface area contributed by atoms with E-state index in [1.807, 2.05) is 0 Å². The lowest BCUT2D eigenvalue weighted by molar-refractivity contribution is -0.141. The lowest BCUT2D eigenvalue weighted by Gasteiger charge is -1.99. The first-order valence-electron chi connectivity index (χ1n) is 3.65. The fourth-order valence-electron chi connectivity index (χ4n) is 0.793. The van der Waals surface area contributed by atoms with Gasteiger partial charge in [0.2, 0.25) is 0 Å². The van der Waals surface area contributed by atoms with E-state index in [4.69, 9.17) is 4.74 Å². The summed E-state index contributed by atoms with van der Waals surface area (Å²) >= 11 is 0. The molecule has 1 rings (SSSR count). The predicted octanol–water partition coefficient (Wildman–Crippen LogP) is -0.937. The highest BCUT2D eigenvalue weighted by Gasteiger charge is 2.40. The summed E-state index contributed by atoms with van der Waals surface area (Å²) in [6, 6.07) is 0. The van der Waals surface area contributed by atoms with Crippen molar-refractivity contribution in [2.24, 2.45) is 0 Å². The molecule has 1 N–H and O–H groups in total. The molecule has 1 saturated heterocycles. The van der Waals surface area contributed by atoms with E-state index in [-0.39, 0.29) is 24.7 Å². The van der Waals surface area contributed by atoms with Gasteiger partial charge in [-0.05, 0) is 6.92 Å². The maximum absolute atomic E-state index is 11.0. The van der Waals surface area contributed by atoms with Crippen LogP contribution in [0.1, 0.15) is 6.92 Å². The van der Waals surface area contributed by atoms with E-state index in [1.54, 1.807) is 6.92 Å². The van der Waals surface area contributed by atoms with Crippen LogP contribution in [0.5, 0.6) is 0 Å². The summed E-state index contributed by atoms with van der Waals surface area (Å²) in [5.74, 6) is -0.718. The third-order valence-electron chi connectivity index (χ3n) is 1.60. The summed E-state index contributed by atoms with van der Waals surface area (Å²) in [6.07, 6.45) is -0.405. The first-order chi connectivity index (χ1) is 5.65. The van der Waals surface area contributed by atoms with E-state index in [0.717, 1.165) is 0 Å². The van der Waals surface area contributed by atoms with Crippen molar-refractivity contribution in [3.8, 4) is 0 Å². The van der Waals surface area contributed by atoms with Gasteiger partial charge in [-0.2, -0.15) is 0 Å². The maximum Gasteiger partial charge on any atom is 0.325 e. The van der Waals surface area contributed by atoms with Crippen LogP contribution in [0.4, 0.5) is 0 Å². The van der Waals surface area contributed by atoms with Crippen LogP contribution in [-0.2, 0) is 19.1 Å². The molecule has 0 bridgehead atoms.